The highest BCUT2D eigenvalue weighted by molar-refractivity contribution is 5.87. The normalized spacial score (nSPS) is 14.9. The number of likely N-dealkylation sites (N-methyl/N-ethyl adjacent to an activating group) is 1. The van der Waals surface area contributed by atoms with E-state index in [9.17, 15) is 19.2 Å². The Bertz CT molecular complexity index is 772. The molecular formula is C37H73N5O5. The summed E-state index contributed by atoms with van der Waals surface area (Å²) in [6.07, 6.45) is 19.9. The van der Waals surface area contributed by atoms with Crippen molar-refractivity contribution < 1.29 is 24.0 Å². The van der Waals surface area contributed by atoms with Crippen molar-refractivity contribution in [2.75, 3.05) is 40.3 Å². The van der Waals surface area contributed by atoms with Gasteiger partial charge in [0.1, 0.15) is 5.78 Å². The largest absolute Gasteiger partial charge is 0.362 e. The second-order valence-electron chi connectivity index (χ2n) is 10.4. The van der Waals surface area contributed by atoms with Crippen molar-refractivity contribution in [3.8, 4) is 12.3 Å². The van der Waals surface area contributed by atoms with Gasteiger partial charge >= 0.3 is 0 Å². The van der Waals surface area contributed by atoms with Crippen LogP contribution in [0.15, 0.2) is 12.7 Å². The van der Waals surface area contributed by atoms with Gasteiger partial charge < -0.3 is 26.2 Å². The van der Waals surface area contributed by atoms with E-state index in [0.29, 0.717) is 31.8 Å². The molecule has 2 atom stereocenters. The lowest BCUT2D eigenvalue weighted by Gasteiger charge is -2.37. The molecule has 2 fully saturated rings. The number of Topliss-reactive ketones (excluding diaryl/α,β-unsaturated/α-hetero) is 1. The third-order valence-corrected chi connectivity index (χ3v) is 6.45. The van der Waals surface area contributed by atoms with Crippen LogP contribution in [0.4, 0.5) is 0 Å². The van der Waals surface area contributed by atoms with Crippen molar-refractivity contribution >= 4 is 30.4 Å². The first-order valence-electron chi connectivity index (χ1n) is 17.7. The number of nitrogens with zero attached hydrogens (tertiary/aromatic N) is 1. The van der Waals surface area contributed by atoms with Crippen molar-refractivity contribution in [1.82, 2.24) is 26.2 Å². The monoisotopic (exact) mass is 668 g/mol. The van der Waals surface area contributed by atoms with Crippen molar-refractivity contribution in [1.29, 1.82) is 0 Å². The Labute approximate surface area is 289 Å². The number of hydrogen-bond donors (Lipinski definition) is 4. The Balaban J connectivity index is -0.000000209. The smallest absolute Gasteiger partial charge is 0.240 e. The molecule has 1 saturated heterocycles. The molecule has 0 spiro atoms. The number of carbonyl (C=O) groups is 5. The topological polar surface area (TPSA) is 137 Å². The maximum atomic E-state index is 12.9. The van der Waals surface area contributed by atoms with Gasteiger partial charge in [-0.1, -0.05) is 86.6 Å². The zero-order chi connectivity index (χ0) is 37.3. The van der Waals surface area contributed by atoms with E-state index in [1.807, 2.05) is 39.6 Å². The Morgan fingerprint density at radius 3 is 1.87 bits per heavy atom. The number of amides is 4. The van der Waals surface area contributed by atoms with E-state index < -0.39 is 0 Å². The van der Waals surface area contributed by atoms with Gasteiger partial charge in [-0.25, -0.2) is 0 Å². The van der Waals surface area contributed by atoms with Gasteiger partial charge in [-0.05, 0) is 52.0 Å². The lowest BCUT2D eigenvalue weighted by molar-refractivity contribution is -0.139. The van der Waals surface area contributed by atoms with Crippen molar-refractivity contribution in [3.05, 3.63) is 12.7 Å². The number of unbranched alkanes of at least 4 members (excludes halogenated alkanes) is 2. The Morgan fingerprint density at radius 2 is 1.51 bits per heavy atom. The lowest BCUT2D eigenvalue weighted by Crippen LogP contribution is -2.54. The van der Waals surface area contributed by atoms with E-state index in [2.05, 4.69) is 54.5 Å². The third kappa shape index (κ3) is 35.5. The summed E-state index contributed by atoms with van der Waals surface area (Å²) in [4.78, 5) is 56.5. The van der Waals surface area contributed by atoms with Crippen LogP contribution in [0.25, 0.3) is 0 Å². The van der Waals surface area contributed by atoms with E-state index in [1.54, 1.807) is 13.1 Å². The zero-order valence-electron chi connectivity index (χ0n) is 31.8. The number of carbonyl (C=O) groups excluding carboxylic acids is 5. The van der Waals surface area contributed by atoms with E-state index in [4.69, 9.17) is 11.2 Å². The van der Waals surface area contributed by atoms with E-state index >= 15 is 0 Å². The minimum Gasteiger partial charge on any atom is -0.362 e. The molecule has 0 radical (unpaired) electrons. The first-order valence-corrected chi connectivity index (χ1v) is 17.7. The number of rotatable bonds is 12. The minimum absolute atomic E-state index is 0.0559. The molecule has 1 saturated carbocycles. The van der Waals surface area contributed by atoms with Crippen LogP contribution in [0, 0.1) is 24.2 Å². The summed E-state index contributed by atoms with van der Waals surface area (Å²) in [5.74, 6) is 2.74. The van der Waals surface area contributed by atoms with Gasteiger partial charge in [0, 0.05) is 33.1 Å². The molecule has 1 aliphatic carbocycles. The Kier molecular flexibility index (Phi) is 51.0. The molecule has 10 heteroatoms. The minimum atomic E-state index is -0.203. The maximum absolute atomic E-state index is 12.9. The lowest BCUT2D eigenvalue weighted by atomic mass is 9.83. The highest BCUT2D eigenvalue weighted by Gasteiger charge is 2.35. The number of ketones is 1. The molecule has 0 aromatic heterocycles. The van der Waals surface area contributed by atoms with E-state index in [0.717, 1.165) is 38.6 Å². The van der Waals surface area contributed by atoms with Gasteiger partial charge in [0.25, 0.3) is 0 Å². The SMILES string of the molecule is C#CCCCC.C=CCNC=O.CC.CC.CCC.CNC(C(=O)N1CCCC(C(=O)NCC(C)=O)C1)C1CCCCC1.CNC=O. The second-order valence-corrected chi connectivity index (χ2v) is 10.4. The zero-order valence-corrected chi connectivity index (χ0v) is 31.8. The van der Waals surface area contributed by atoms with Crippen LogP contribution in [-0.2, 0) is 24.0 Å². The Morgan fingerprint density at radius 1 is 0.957 bits per heavy atom. The second kappa shape index (κ2) is 44.9. The van der Waals surface area contributed by atoms with Gasteiger partial charge in [-0.3, -0.25) is 24.0 Å². The number of hydrogen-bond acceptors (Lipinski definition) is 6. The molecule has 0 bridgehead atoms. The standard InChI is InChI=1S/C18H31N3O3.C6H10.C4H7NO.C3H8.C2H5NO.2C2H6/c1-13(22)11-20-17(23)15-9-6-10-21(12-15)18(24)16(19-2)14-7-4-3-5-8-14;1-3-5-6-4-2;1-2-3-5-4-6;1-3-2;1-3-2-4;2*1-2/h14-16,19H,3-12H2,1-2H3,(H,20,23);1H,4-6H2,2H3;2,4H,1,3H2,(H,5,6);3H2,1-2H3;2H,1H3,(H,3,4);2*1-2H3. The number of piperidine rings is 1. The number of likely N-dealkylation sites (tertiary alicyclic amines) is 1. The fourth-order valence-corrected chi connectivity index (χ4v) is 4.38. The molecule has 276 valence electrons. The van der Waals surface area contributed by atoms with Gasteiger partial charge in [-0.15, -0.1) is 18.9 Å². The predicted octanol–water partition coefficient (Wildman–Crippen LogP) is 5.66. The van der Waals surface area contributed by atoms with Crippen molar-refractivity contribution in [2.24, 2.45) is 11.8 Å². The van der Waals surface area contributed by atoms with Gasteiger partial charge in [0.05, 0.1) is 18.5 Å². The van der Waals surface area contributed by atoms with Crippen LogP contribution >= 0.6 is 0 Å². The molecule has 2 unspecified atom stereocenters. The quantitative estimate of drug-likeness (QED) is 0.0918. The van der Waals surface area contributed by atoms with Gasteiger partial charge in [0.15, 0.2) is 0 Å². The van der Waals surface area contributed by atoms with Crippen LogP contribution in [0.3, 0.4) is 0 Å². The summed E-state index contributed by atoms with van der Waals surface area (Å²) >= 11 is 0. The van der Waals surface area contributed by atoms with Crippen LogP contribution in [0.5, 0.6) is 0 Å². The van der Waals surface area contributed by atoms with Crippen molar-refractivity contribution in [3.63, 3.8) is 0 Å². The third-order valence-electron chi connectivity index (χ3n) is 6.45. The van der Waals surface area contributed by atoms with Gasteiger partial charge in [-0.2, -0.15) is 0 Å². The van der Waals surface area contributed by atoms with E-state index in [-0.39, 0.29) is 36.1 Å². The number of nitrogens with one attached hydrogen (secondary N) is 4. The first-order chi connectivity index (χ1) is 22.7. The van der Waals surface area contributed by atoms with E-state index in [1.165, 1.54) is 45.4 Å². The highest BCUT2D eigenvalue weighted by Crippen LogP contribution is 2.28. The fourth-order valence-electron chi connectivity index (χ4n) is 4.38. The number of terminal acetylenes is 1. The molecule has 2 rings (SSSR count). The molecule has 0 aromatic rings. The molecule has 4 amide bonds. The predicted molar refractivity (Wildman–Crippen MR) is 199 cm³/mol. The summed E-state index contributed by atoms with van der Waals surface area (Å²) in [5, 5.41) is 10.5. The summed E-state index contributed by atoms with van der Waals surface area (Å²) in [6.45, 7) is 21.0. The molecule has 1 heterocycles. The fraction of sp³-hybridized carbons (Fsp3) is 0.757. The molecule has 1 aliphatic heterocycles. The average molecular weight is 668 g/mol. The molecule has 47 heavy (non-hydrogen) atoms. The molecule has 0 aromatic carbocycles. The summed E-state index contributed by atoms with van der Waals surface area (Å²) < 4.78 is 0. The van der Waals surface area contributed by atoms with Crippen LogP contribution in [0.1, 0.15) is 126 Å². The highest BCUT2D eigenvalue weighted by atomic mass is 16.2. The molecular weight excluding hydrogens is 594 g/mol. The van der Waals surface area contributed by atoms with Crippen molar-refractivity contribution in [2.45, 2.75) is 132 Å². The maximum Gasteiger partial charge on any atom is 0.240 e. The summed E-state index contributed by atoms with van der Waals surface area (Å²) in [5.41, 5.74) is 0. The van der Waals surface area contributed by atoms with Crippen LogP contribution < -0.4 is 21.3 Å². The first kappa shape index (κ1) is 53.3. The summed E-state index contributed by atoms with van der Waals surface area (Å²) in [7, 11) is 3.42. The van der Waals surface area contributed by atoms with Crippen LogP contribution in [-0.4, -0.2) is 81.6 Å². The van der Waals surface area contributed by atoms with Crippen LogP contribution in [0.2, 0.25) is 0 Å². The molecule has 2 aliphatic rings. The summed E-state index contributed by atoms with van der Waals surface area (Å²) in [6, 6.07) is -0.135. The van der Waals surface area contributed by atoms with Gasteiger partial charge in [0.2, 0.25) is 24.6 Å². The average Bonchev–Trinajstić information content (AvgIpc) is 3.12. The molecule has 10 nitrogen and oxygen atoms in total. The Hall–Kier alpha value is -3.19. The molecule has 4 N–H and O–H groups in total.